The molecule has 1 spiro atoms. The molecule has 0 aromatic heterocycles. The molecule has 1 aromatic rings. The van der Waals surface area contributed by atoms with Crippen molar-refractivity contribution < 1.29 is 14.2 Å². The number of ether oxygens (including phenoxy) is 3. The maximum atomic E-state index is 9.96. The Morgan fingerprint density at radius 3 is 2.46 bits per heavy atom. The molecule has 2 fully saturated rings. The fourth-order valence-corrected chi connectivity index (χ4v) is 4.14. The Morgan fingerprint density at radius 1 is 1.25 bits per heavy atom. The SMILES string of the molecule is CCOc1ccc(C2C3(C#N)C(N)=NC4(OCCO4)C23C#N)cc1. The van der Waals surface area contributed by atoms with E-state index in [1.54, 1.807) is 0 Å². The minimum Gasteiger partial charge on any atom is -0.494 e. The molecular formula is C17H16N4O3. The third-order valence-corrected chi connectivity index (χ3v) is 5.13. The van der Waals surface area contributed by atoms with Gasteiger partial charge in [-0.05, 0) is 24.6 Å². The molecular weight excluding hydrogens is 308 g/mol. The van der Waals surface area contributed by atoms with E-state index in [-0.39, 0.29) is 5.84 Å². The van der Waals surface area contributed by atoms with Gasteiger partial charge >= 0.3 is 0 Å². The molecule has 2 aliphatic heterocycles. The molecule has 1 saturated heterocycles. The second-order valence-corrected chi connectivity index (χ2v) is 6.05. The molecule has 3 atom stereocenters. The van der Waals surface area contributed by atoms with Crippen LogP contribution in [0.3, 0.4) is 0 Å². The lowest BCUT2D eigenvalue weighted by molar-refractivity contribution is -0.184. The van der Waals surface area contributed by atoms with Gasteiger partial charge in [-0.2, -0.15) is 10.5 Å². The van der Waals surface area contributed by atoms with E-state index >= 15 is 0 Å². The molecule has 2 heterocycles. The average molecular weight is 324 g/mol. The lowest BCUT2D eigenvalue weighted by Gasteiger charge is -2.25. The minimum atomic E-state index is -1.48. The van der Waals surface area contributed by atoms with Gasteiger partial charge in [0, 0.05) is 5.92 Å². The summed E-state index contributed by atoms with van der Waals surface area (Å²) in [4.78, 5) is 4.24. The van der Waals surface area contributed by atoms with Crippen molar-refractivity contribution in [2.45, 2.75) is 18.8 Å². The van der Waals surface area contributed by atoms with Crippen molar-refractivity contribution in [3.63, 3.8) is 0 Å². The Balaban J connectivity index is 1.82. The number of hydrogen-bond donors (Lipinski definition) is 1. The highest BCUT2D eigenvalue weighted by Gasteiger charge is 2.94. The molecule has 4 rings (SSSR count). The number of rotatable bonds is 3. The van der Waals surface area contributed by atoms with Crippen LogP contribution in [0, 0.1) is 33.5 Å². The average Bonchev–Trinajstić information content (AvgIpc) is 2.84. The van der Waals surface area contributed by atoms with Gasteiger partial charge in [0.05, 0.1) is 32.0 Å². The van der Waals surface area contributed by atoms with E-state index in [1.807, 2.05) is 31.2 Å². The number of amidine groups is 1. The van der Waals surface area contributed by atoms with Gasteiger partial charge in [-0.3, -0.25) is 0 Å². The van der Waals surface area contributed by atoms with Crippen LogP contribution in [0.1, 0.15) is 18.4 Å². The molecule has 3 unspecified atom stereocenters. The zero-order valence-electron chi connectivity index (χ0n) is 13.2. The van der Waals surface area contributed by atoms with Crippen LogP contribution >= 0.6 is 0 Å². The lowest BCUT2D eigenvalue weighted by Crippen LogP contribution is -2.38. The molecule has 1 aliphatic carbocycles. The summed E-state index contributed by atoms with van der Waals surface area (Å²) in [5, 5.41) is 19.8. The van der Waals surface area contributed by atoms with Gasteiger partial charge in [0.25, 0.3) is 5.91 Å². The van der Waals surface area contributed by atoms with Crippen molar-refractivity contribution >= 4 is 5.84 Å². The summed E-state index contributed by atoms with van der Waals surface area (Å²) in [5.41, 5.74) is 4.41. The van der Waals surface area contributed by atoms with Gasteiger partial charge in [0.15, 0.2) is 5.41 Å². The summed E-state index contributed by atoms with van der Waals surface area (Å²) in [6, 6.07) is 11.8. The molecule has 24 heavy (non-hydrogen) atoms. The largest absolute Gasteiger partial charge is 0.494 e. The standard InChI is InChI=1S/C17H16N4O3/c1-2-22-12-5-3-11(4-6-12)13-15(9-18)14(20)21-17(16(13,15)10-19)23-7-8-24-17/h3-6,13H,2,7-8H2,1H3,(H2,20,21). The third-order valence-electron chi connectivity index (χ3n) is 5.13. The summed E-state index contributed by atoms with van der Waals surface area (Å²) >= 11 is 0. The predicted molar refractivity (Wildman–Crippen MR) is 82.7 cm³/mol. The van der Waals surface area contributed by atoms with Crippen LogP contribution in [-0.4, -0.2) is 31.6 Å². The molecule has 0 radical (unpaired) electrons. The van der Waals surface area contributed by atoms with Crippen molar-refractivity contribution in [3.8, 4) is 17.9 Å². The van der Waals surface area contributed by atoms with E-state index in [0.717, 1.165) is 11.3 Å². The first-order chi connectivity index (χ1) is 11.6. The van der Waals surface area contributed by atoms with E-state index < -0.39 is 22.7 Å². The summed E-state index contributed by atoms with van der Waals surface area (Å²) < 4.78 is 16.8. The number of hydrogen-bond acceptors (Lipinski definition) is 7. The summed E-state index contributed by atoms with van der Waals surface area (Å²) in [6.07, 6.45) is 0. The van der Waals surface area contributed by atoms with Crippen LogP contribution in [0.2, 0.25) is 0 Å². The number of nitrogens with zero attached hydrogens (tertiary/aromatic N) is 3. The Bertz CT molecular complexity index is 801. The van der Waals surface area contributed by atoms with E-state index in [9.17, 15) is 10.5 Å². The first-order valence-electron chi connectivity index (χ1n) is 7.81. The van der Waals surface area contributed by atoms with E-state index in [2.05, 4.69) is 17.1 Å². The van der Waals surface area contributed by atoms with Crippen LogP contribution in [0.15, 0.2) is 29.3 Å². The second-order valence-electron chi connectivity index (χ2n) is 6.05. The zero-order valence-corrected chi connectivity index (χ0v) is 13.2. The Labute approximate surface area is 139 Å². The first-order valence-corrected chi connectivity index (χ1v) is 7.81. The lowest BCUT2D eigenvalue weighted by atomic mass is 9.94. The third kappa shape index (κ3) is 1.40. The Hall–Kier alpha value is -2.61. The molecule has 0 amide bonds. The molecule has 0 bridgehead atoms. The van der Waals surface area contributed by atoms with Crippen LogP contribution < -0.4 is 10.5 Å². The maximum absolute atomic E-state index is 9.96. The quantitative estimate of drug-likeness (QED) is 0.895. The maximum Gasteiger partial charge on any atom is 0.293 e. The monoisotopic (exact) mass is 324 g/mol. The number of benzene rings is 1. The molecule has 1 aromatic carbocycles. The van der Waals surface area contributed by atoms with E-state index in [4.69, 9.17) is 19.9 Å². The summed E-state index contributed by atoms with van der Waals surface area (Å²) in [7, 11) is 0. The number of aliphatic imine (C=N–C) groups is 1. The number of fused-ring (bicyclic) bond motifs is 2. The van der Waals surface area contributed by atoms with Crippen molar-refractivity contribution in [3.05, 3.63) is 29.8 Å². The molecule has 7 heteroatoms. The van der Waals surface area contributed by atoms with Gasteiger partial charge in [0.1, 0.15) is 17.0 Å². The van der Waals surface area contributed by atoms with Gasteiger partial charge in [0.2, 0.25) is 0 Å². The fourth-order valence-electron chi connectivity index (χ4n) is 4.14. The predicted octanol–water partition coefficient (Wildman–Crippen LogP) is 1.27. The highest BCUT2D eigenvalue weighted by atomic mass is 16.8. The van der Waals surface area contributed by atoms with Gasteiger partial charge in [-0.15, -0.1) is 0 Å². The highest BCUT2D eigenvalue weighted by Crippen LogP contribution is 2.82. The van der Waals surface area contributed by atoms with Crippen molar-refractivity contribution in [2.75, 3.05) is 19.8 Å². The highest BCUT2D eigenvalue weighted by molar-refractivity contribution is 6.00. The van der Waals surface area contributed by atoms with Crippen molar-refractivity contribution in [1.29, 1.82) is 10.5 Å². The number of nitriles is 2. The van der Waals surface area contributed by atoms with Crippen LogP contribution in [0.5, 0.6) is 5.75 Å². The molecule has 2 N–H and O–H groups in total. The smallest absolute Gasteiger partial charge is 0.293 e. The second kappa shape index (κ2) is 4.70. The van der Waals surface area contributed by atoms with Crippen molar-refractivity contribution in [2.24, 2.45) is 21.6 Å². The number of nitrogens with two attached hydrogens (primary N) is 1. The Kier molecular flexibility index (Phi) is 2.93. The van der Waals surface area contributed by atoms with E-state index in [0.29, 0.717) is 19.8 Å². The fraction of sp³-hybridized carbons (Fsp3) is 0.471. The summed E-state index contributed by atoms with van der Waals surface area (Å²) in [6.45, 7) is 3.11. The van der Waals surface area contributed by atoms with Crippen LogP contribution in [0.4, 0.5) is 0 Å². The van der Waals surface area contributed by atoms with Gasteiger partial charge in [-0.1, -0.05) is 12.1 Å². The molecule has 3 aliphatic rings. The minimum absolute atomic E-state index is 0.104. The molecule has 122 valence electrons. The topological polar surface area (TPSA) is 114 Å². The first kappa shape index (κ1) is 14.9. The molecule has 1 saturated carbocycles. The van der Waals surface area contributed by atoms with Crippen LogP contribution in [0.25, 0.3) is 0 Å². The normalized spacial score (nSPS) is 35.0. The van der Waals surface area contributed by atoms with Crippen molar-refractivity contribution in [1.82, 2.24) is 0 Å². The molecule has 7 nitrogen and oxygen atoms in total. The Morgan fingerprint density at radius 2 is 1.92 bits per heavy atom. The zero-order chi connectivity index (χ0) is 17.0. The van der Waals surface area contributed by atoms with E-state index in [1.165, 1.54) is 0 Å². The van der Waals surface area contributed by atoms with Gasteiger partial charge in [-0.25, -0.2) is 4.99 Å². The summed E-state index contributed by atoms with van der Waals surface area (Å²) in [5.74, 6) is -1.10. The van der Waals surface area contributed by atoms with Crippen LogP contribution in [-0.2, 0) is 9.47 Å². The van der Waals surface area contributed by atoms with Gasteiger partial charge < -0.3 is 19.9 Å².